The zero-order chi connectivity index (χ0) is 22.3. The SMILES string of the molecule is CCNC(=NCc1cccc(CN2CCCC2=O)c1)N1CCN(C(=O)c2ccco2)CC1. The van der Waals surface area contributed by atoms with Gasteiger partial charge in [0, 0.05) is 52.2 Å². The van der Waals surface area contributed by atoms with Crippen LogP contribution in [0.2, 0.25) is 0 Å². The molecule has 1 N–H and O–H groups in total. The summed E-state index contributed by atoms with van der Waals surface area (Å²) in [5.41, 5.74) is 2.26. The number of nitrogens with zero attached hydrogens (tertiary/aromatic N) is 4. The molecule has 2 fully saturated rings. The predicted molar refractivity (Wildman–Crippen MR) is 122 cm³/mol. The number of hydrogen-bond donors (Lipinski definition) is 1. The van der Waals surface area contributed by atoms with Crippen molar-refractivity contribution in [2.24, 2.45) is 4.99 Å². The zero-order valence-corrected chi connectivity index (χ0v) is 18.6. The van der Waals surface area contributed by atoms with Gasteiger partial charge in [0.05, 0.1) is 12.8 Å². The van der Waals surface area contributed by atoms with Crippen molar-refractivity contribution >= 4 is 17.8 Å². The number of hydrogen-bond acceptors (Lipinski definition) is 4. The lowest BCUT2D eigenvalue weighted by atomic mass is 10.1. The maximum Gasteiger partial charge on any atom is 0.289 e. The lowest BCUT2D eigenvalue weighted by molar-refractivity contribution is -0.128. The number of carbonyl (C=O) groups excluding carboxylic acids is 2. The topological polar surface area (TPSA) is 81.4 Å². The second-order valence-electron chi connectivity index (χ2n) is 8.17. The van der Waals surface area contributed by atoms with Gasteiger partial charge in [-0.05, 0) is 36.6 Å². The fourth-order valence-corrected chi connectivity index (χ4v) is 4.19. The summed E-state index contributed by atoms with van der Waals surface area (Å²) in [6.45, 7) is 7.61. The van der Waals surface area contributed by atoms with Crippen molar-refractivity contribution in [2.75, 3.05) is 39.3 Å². The molecule has 8 heteroatoms. The zero-order valence-electron chi connectivity index (χ0n) is 18.6. The molecule has 4 rings (SSSR count). The summed E-state index contributed by atoms with van der Waals surface area (Å²) < 4.78 is 5.24. The van der Waals surface area contributed by atoms with Gasteiger partial charge in [-0.3, -0.25) is 9.59 Å². The minimum Gasteiger partial charge on any atom is -0.459 e. The molecule has 2 aromatic rings. The van der Waals surface area contributed by atoms with Crippen LogP contribution in [0.4, 0.5) is 0 Å². The molecule has 2 amide bonds. The Morgan fingerprint density at radius 1 is 1.06 bits per heavy atom. The van der Waals surface area contributed by atoms with Gasteiger partial charge in [0.1, 0.15) is 0 Å². The first-order valence-electron chi connectivity index (χ1n) is 11.4. The van der Waals surface area contributed by atoms with Gasteiger partial charge in [0.15, 0.2) is 11.7 Å². The molecule has 0 saturated carbocycles. The smallest absolute Gasteiger partial charge is 0.289 e. The highest BCUT2D eigenvalue weighted by molar-refractivity contribution is 5.91. The first-order valence-corrected chi connectivity index (χ1v) is 11.4. The van der Waals surface area contributed by atoms with Crippen LogP contribution in [0, 0.1) is 0 Å². The number of guanidine groups is 1. The molecule has 0 bridgehead atoms. The van der Waals surface area contributed by atoms with E-state index in [1.165, 1.54) is 6.26 Å². The van der Waals surface area contributed by atoms with Gasteiger partial charge in [-0.1, -0.05) is 24.3 Å². The van der Waals surface area contributed by atoms with Crippen LogP contribution in [0.1, 0.15) is 41.4 Å². The van der Waals surface area contributed by atoms with Gasteiger partial charge in [0.25, 0.3) is 5.91 Å². The third-order valence-electron chi connectivity index (χ3n) is 5.88. The second kappa shape index (κ2) is 10.3. The molecule has 1 aromatic carbocycles. The van der Waals surface area contributed by atoms with E-state index in [0.29, 0.717) is 38.4 Å². The van der Waals surface area contributed by atoms with E-state index >= 15 is 0 Å². The number of benzene rings is 1. The molecular weight excluding hydrogens is 406 g/mol. The van der Waals surface area contributed by atoms with Gasteiger partial charge in [-0.2, -0.15) is 0 Å². The quantitative estimate of drug-likeness (QED) is 0.554. The standard InChI is InChI=1S/C24H31N5O3/c1-2-25-24(28-13-11-27(12-14-28)23(31)21-8-5-15-32-21)26-17-19-6-3-7-20(16-19)18-29-10-4-9-22(29)30/h3,5-8,15-16H,2,4,9-14,17-18H2,1H3,(H,25,26). The number of furan rings is 1. The Morgan fingerprint density at radius 2 is 1.84 bits per heavy atom. The molecule has 0 unspecified atom stereocenters. The monoisotopic (exact) mass is 437 g/mol. The first kappa shape index (κ1) is 21.9. The lowest BCUT2D eigenvalue weighted by Crippen LogP contribution is -2.53. The largest absolute Gasteiger partial charge is 0.459 e. The van der Waals surface area contributed by atoms with Gasteiger partial charge in [-0.25, -0.2) is 4.99 Å². The van der Waals surface area contributed by atoms with E-state index in [0.717, 1.165) is 49.7 Å². The van der Waals surface area contributed by atoms with Crippen LogP contribution in [-0.2, 0) is 17.9 Å². The minimum absolute atomic E-state index is 0.0649. The molecule has 170 valence electrons. The molecular formula is C24H31N5O3. The third kappa shape index (κ3) is 5.30. The summed E-state index contributed by atoms with van der Waals surface area (Å²) in [6, 6.07) is 11.7. The van der Waals surface area contributed by atoms with Crippen molar-refractivity contribution in [3.8, 4) is 0 Å². The van der Waals surface area contributed by atoms with Gasteiger partial charge >= 0.3 is 0 Å². The molecule has 2 aliphatic heterocycles. The molecule has 0 spiro atoms. The Morgan fingerprint density at radius 3 is 2.53 bits per heavy atom. The van der Waals surface area contributed by atoms with Gasteiger partial charge in [-0.15, -0.1) is 0 Å². The van der Waals surface area contributed by atoms with Crippen molar-refractivity contribution in [3.05, 3.63) is 59.5 Å². The van der Waals surface area contributed by atoms with Crippen molar-refractivity contribution in [2.45, 2.75) is 32.9 Å². The van der Waals surface area contributed by atoms with Crippen LogP contribution in [0.15, 0.2) is 52.1 Å². The highest BCUT2D eigenvalue weighted by Gasteiger charge is 2.25. The van der Waals surface area contributed by atoms with Crippen molar-refractivity contribution in [3.63, 3.8) is 0 Å². The Kier molecular flexibility index (Phi) is 7.09. The van der Waals surface area contributed by atoms with Gasteiger partial charge < -0.3 is 24.4 Å². The van der Waals surface area contributed by atoms with Crippen LogP contribution in [-0.4, -0.2) is 71.7 Å². The van der Waals surface area contributed by atoms with E-state index in [2.05, 4.69) is 35.3 Å². The van der Waals surface area contributed by atoms with E-state index in [9.17, 15) is 9.59 Å². The molecule has 2 aliphatic rings. The number of likely N-dealkylation sites (tertiary alicyclic amines) is 1. The fraction of sp³-hybridized carbons (Fsp3) is 0.458. The number of carbonyl (C=O) groups is 2. The Bertz CT molecular complexity index is 948. The van der Waals surface area contributed by atoms with Gasteiger partial charge in [0.2, 0.25) is 5.91 Å². The lowest BCUT2D eigenvalue weighted by Gasteiger charge is -2.36. The van der Waals surface area contributed by atoms with E-state index in [-0.39, 0.29) is 11.8 Å². The van der Waals surface area contributed by atoms with Crippen LogP contribution in [0.25, 0.3) is 0 Å². The number of rotatable bonds is 6. The van der Waals surface area contributed by atoms with E-state index in [1.54, 1.807) is 12.1 Å². The minimum atomic E-state index is -0.0649. The van der Waals surface area contributed by atoms with E-state index in [1.807, 2.05) is 15.9 Å². The Balaban J connectivity index is 1.36. The van der Waals surface area contributed by atoms with Crippen molar-refractivity contribution in [1.29, 1.82) is 0 Å². The highest BCUT2D eigenvalue weighted by atomic mass is 16.3. The number of nitrogens with one attached hydrogen (secondary N) is 1. The second-order valence-corrected chi connectivity index (χ2v) is 8.17. The molecule has 32 heavy (non-hydrogen) atoms. The summed E-state index contributed by atoms with van der Waals surface area (Å²) in [5.74, 6) is 1.42. The van der Waals surface area contributed by atoms with Crippen LogP contribution in [0.3, 0.4) is 0 Å². The summed E-state index contributed by atoms with van der Waals surface area (Å²) in [6.07, 6.45) is 3.14. The highest BCUT2D eigenvalue weighted by Crippen LogP contribution is 2.16. The molecule has 0 aliphatic carbocycles. The van der Waals surface area contributed by atoms with Crippen molar-refractivity contribution < 1.29 is 14.0 Å². The Labute approximate surface area is 188 Å². The maximum absolute atomic E-state index is 12.5. The fourth-order valence-electron chi connectivity index (χ4n) is 4.19. The number of amides is 2. The molecule has 0 radical (unpaired) electrons. The van der Waals surface area contributed by atoms with Crippen LogP contribution >= 0.6 is 0 Å². The molecule has 8 nitrogen and oxygen atoms in total. The average Bonchev–Trinajstić information content (AvgIpc) is 3.49. The molecule has 3 heterocycles. The van der Waals surface area contributed by atoms with E-state index < -0.39 is 0 Å². The summed E-state index contributed by atoms with van der Waals surface area (Å²) >= 11 is 0. The molecule has 0 atom stereocenters. The van der Waals surface area contributed by atoms with Crippen molar-refractivity contribution in [1.82, 2.24) is 20.0 Å². The predicted octanol–water partition coefficient (Wildman–Crippen LogP) is 2.33. The molecule has 2 saturated heterocycles. The summed E-state index contributed by atoms with van der Waals surface area (Å²) in [4.78, 5) is 35.2. The molecule has 1 aromatic heterocycles. The Hall–Kier alpha value is -3.29. The van der Waals surface area contributed by atoms with E-state index in [4.69, 9.17) is 9.41 Å². The first-order chi connectivity index (χ1) is 15.6. The van der Waals surface area contributed by atoms with Crippen LogP contribution in [0.5, 0.6) is 0 Å². The van der Waals surface area contributed by atoms with Crippen LogP contribution < -0.4 is 5.32 Å². The average molecular weight is 438 g/mol. The normalized spacial score (nSPS) is 17.2. The third-order valence-corrected chi connectivity index (χ3v) is 5.88. The summed E-state index contributed by atoms with van der Waals surface area (Å²) in [5, 5.41) is 3.37. The maximum atomic E-state index is 12.5. The number of aliphatic imine (C=N–C) groups is 1. The number of piperazine rings is 1. The summed E-state index contributed by atoms with van der Waals surface area (Å²) in [7, 11) is 0.